The van der Waals surface area contributed by atoms with Gasteiger partial charge in [0.25, 0.3) is 0 Å². The fraction of sp³-hybridized carbons (Fsp3) is 0.550. The summed E-state index contributed by atoms with van der Waals surface area (Å²) < 4.78 is 3.69. The quantitative estimate of drug-likeness (QED) is 0.701. The third kappa shape index (κ3) is 3.35. The minimum Gasteiger partial charge on any atom is -0.324 e. The highest BCUT2D eigenvalue weighted by molar-refractivity contribution is 8.15. The van der Waals surface area contributed by atoms with Crippen molar-refractivity contribution < 1.29 is 0 Å². The van der Waals surface area contributed by atoms with Crippen molar-refractivity contribution in [1.82, 2.24) is 0 Å². The number of anilines is 1. The number of rotatable bonds is 5. The topological polar surface area (TPSA) is 24.4 Å². The lowest BCUT2D eigenvalue weighted by Crippen LogP contribution is -2.05. The molecule has 1 N–H and O–H groups in total. The summed E-state index contributed by atoms with van der Waals surface area (Å²) in [5.41, 5.74) is 8.78. The molecule has 124 valence electrons. The van der Waals surface area contributed by atoms with E-state index in [1.54, 1.807) is 23.1 Å². The Bertz CT molecular complexity index is 656. The van der Waals surface area contributed by atoms with Gasteiger partial charge in [-0.2, -0.15) is 0 Å². The lowest BCUT2D eigenvalue weighted by atomic mass is 9.94. The summed E-state index contributed by atoms with van der Waals surface area (Å²) in [4.78, 5) is 4.77. The number of hydrogen-bond acceptors (Lipinski definition) is 3. The van der Waals surface area contributed by atoms with Gasteiger partial charge in [-0.05, 0) is 60.3 Å². The molecule has 0 amide bonds. The molecule has 0 unspecified atom stereocenters. The molecule has 0 spiro atoms. The smallest absolute Gasteiger partial charge is 0.0980 e. The maximum absolute atomic E-state index is 4.77. The van der Waals surface area contributed by atoms with E-state index in [1.165, 1.54) is 46.8 Å². The molecule has 0 saturated heterocycles. The van der Waals surface area contributed by atoms with Crippen molar-refractivity contribution in [3.8, 4) is 0 Å². The molecule has 0 aromatic heterocycles. The Balaban J connectivity index is 1.83. The maximum Gasteiger partial charge on any atom is 0.0980 e. The van der Waals surface area contributed by atoms with Crippen molar-refractivity contribution in [1.29, 1.82) is 0 Å². The molecule has 0 saturated carbocycles. The van der Waals surface area contributed by atoms with E-state index in [2.05, 4.69) is 44.6 Å². The van der Waals surface area contributed by atoms with Gasteiger partial charge < -0.3 is 4.72 Å². The van der Waals surface area contributed by atoms with E-state index in [0.717, 1.165) is 19.3 Å². The van der Waals surface area contributed by atoms with Gasteiger partial charge in [0.1, 0.15) is 0 Å². The molecule has 0 bridgehead atoms. The van der Waals surface area contributed by atoms with Crippen LogP contribution in [0.4, 0.5) is 5.69 Å². The van der Waals surface area contributed by atoms with Crippen molar-refractivity contribution in [2.45, 2.75) is 66.2 Å². The van der Waals surface area contributed by atoms with Crippen molar-refractivity contribution in [3.63, 3.8) is 0 Å². The number of fused-ring (bicyclic) bond motifs is 1. The van der Waals surface area contributed by atoms with Gasteiger partial charge in [-0.25, -0.2) is 4.99 Å². The molecule has 3 rings (SSSR count). The Morgan fingerprint density at radius 3 is 2.70 bits per heavy atom. The van der Waals surface area contributed by atoms with E-state index >= 15 is 0 Å². The summed E-state index contributed by atoms with van der Waals surface area (Å²) in [7, 11) is 0. The molecular weight excluding hydrogens is 300 g/mol. The van der Waals surface area contributed by atoms with Gasteiger partial charge in [0.15, 0.2) is 0 Å². The van der Waals surface area contributed by atoms with Crippen LogP contribution in [0.25, 0.3) is 0 Å². The van der Waals surface area contributed by atoms with Crippen molar-refractivity contribution >= 4 is 22.7 Å². The maximum atomic E-state index is 4.77. The Labute approximate surface area is 145 Å². The second-order valence-corrected chi connectivity index (χ2v) is 7.66. The van der Waals surface area contributed by atoms with Gasteiger partial charge in [0.2, 0.25) is 0 Å². The first-order valence-electron chi connectivity index (χ1n) is 9.01. The Kier molecular flexibility index (Phi) is 5.15. The third-order valence-corrected chi connectivity index (χ3v) is 5.74. The number of benzene rings is 1. The molecule has 0 atom stereocenters. The molecule has 23 heavy (non-hydrogen) atoms. The van der Waals surface area contributed by atoms with E-state index in [4.69, 9.17) is 4.99 Å². The number of nitrogens with zero attached hydrogens (tertiary/aromatic N) is 1. The molecule has 1 aliphatic heterocycles. The van der Waals surface area contributed by atoms with Crippen LogP contribution in [-0.2, 0) is 25.7 Å². The lowest BCUT2D eigenvalue weighted by molar-refractivity contribution is 0.761. The number of hydrogen-bond donors (Lipinski definition) is 1. The molecule has 1 aromatic carbocycles. The predicted octanol–water partition coefficient (Wildman–Crippen LogP) is 5.70. The first-order chi connectivity index (χ1) is 11.1. The highest BCUT2D eigenvalue weighted by atomic mass is 32.2. The Morgan fingerprint density at radius 1 is 1.22 bits per heavy atom. The Hall–Kier alpha value is -1.22. The highest BCUT2D eigenvalue weighted by Crippen LogP contribution is 2.37. The second kappa shape index (κ2) is 7.12. The van der Waals surface area contributed by atoms with Gasteiger partial charge in [-0.3, -0.25) is 0 Å². The van der Waals surface area contributed by atoms with Gasteiger partial charge in [0.05, 0.1) is 10.7 Å². The summed E-state index contributed by atoms with van der Waals surface area (Å²) >= 11 is 1.72. The normalized spacial score (nSPS) is 16.6. The van der Waals surface area contributed by atoms with Crippen LogP contribution in [0.2, 0.25) is 0 Å². The second-order valence-electron chi connectivity index (χ2n) is 6.79. The van der Waals surface area contributed by atoms with Crippen LogP contribution in [0.1, 0.15) is 62.8 Å². The molecule has 2 nitrogen and oxygen atoms in total. The van der Waals surface area contributed by atoms with E-state index in [0.29, 0.717) is 5.92 Å². The minimum atomic E-state index is 0.520. The molecule has 0 radical (unpaired) electrons. The van der Waals surface area contributed by atoms with Crippen molar-refractivity contribution in [2.75, 3.05) is 4.72 Å². The largest absolute Gasteiger partial charge is 0.324 e. The third-order valence-electron chi connectivity index (χ3n) is 4.94. The number of aryl methyl sites for hydroxylation is 2. The lowest BCUT2D eigenvalue weighted by Gasteiger charge is -2.19. The number of allylic oxidation sites excluding steroid dienone is 2. The summed E-state index contributed by atoms with van der Waals surface area (Å²) in [6, 6.07) is 2.46. The first-order valence-corrected chi connectivity index (χ1v) is 9.82. The summed E-state index contributed by atoms with van der Waals surface area (Å²) in [5, 5.41) is 1.20. The fourth-order valence-corrected chi connectivity index (χ4v) is 4.44. The average molecular weight is 329 g/mol. The molecule has 3 heteroatoms. The SMILES string of the molecule is CCc1cc2c(c(NSC3=NC(C(C)C)=CC3)c1CC)CCC2. The van der Waals surface area contributed by atoms with Crippen LogP contribution in [0.5, 0.6) is 0 Å². The van der Waals surface area contributed by atoms with Crippen LogP contribution < -0.4 is 4.72 Å². The number of aliphatic imine (C=N–C) groups is 1. The van der Waals surface area contributed by atoms with Crippen LogP contribution >= 0.6 is 11.9 Å². The van der Waals surface area contributed by atoms with Gasteiger partial charge in [-0.1, -0.05) is 39.8 Å². The zero-order valence-electron chi connectivity index (χ0n) is 14.8. The van der Waals surface area contributed by atoms with Gasteiger partial charge >= 0.3 is 0 Å². The molecule has 1 heterocycles. The van der Waals surface area contributed by atoms with Crippen LogP contribution in [0.3, 0.4) is 0 Å². The summed E-state index contributed by atoms with van der Waals surface area (Å²) in [5.74, 6) is 0.520. The zero-order valence-corrected chi connectivity index (χ0v) is 15.6. The molecule has 1 aromatic rings. The standard InChI is InChI=1S/C20H28N2S/c1-5-14-12-15-8-7-9-17(15)20(16(14)6-2)22-23-19-11-10-18(21-19)13(3)4/h10,12-13,22H,5-9,11H2,1-4H3. The summed E-state index contributed by atoms with van der Waals surface area (Å²) in [6.45, 7) is 8.97. The molecular formula is C20H28N2S. The predicted molar refractivity (Wildman–Crippen MR) is 103 cm³/mol. The minimum absolute atomic E-state index is 0.520. The highest BCUT2D eigenvalue weighted by Gasteiger charge is 2.21. The van der Waals surface area contributed by atoms with Gasteiger partial charge in [-0.15, -0.1) is 0 Å². The van der Waals surface area contributed by atoms with E-state index in [-0.39, 0.29) is 0 Å². The number of nitrogens with one attached hydrogen (secondary N) is 1. The van der Waals surface area contributed by atoms with Crippen LogP contribution in [0, 0.1) is 5.92 Å². The van der Waals surface area contributed by atoms with Crippen molar-refractivity contribution in [2.24, 2.45) is 10.9 Å². The Morgan fingerprint density at radius 2 is 2.04 bits per heavy atom. The molecule has 2 aliphatic rings. The van der Waals surface area contributed by atoms with Crippen LogP contribution in [0.15, 0.2) is 22.8 Å². The fourth-order valence-electron chi connectivity index (χ4n) is 3.66. The molecule has 0 fully saturated rings. The van der Waals surface area contributed by atoms with Crippen molar-refractivity contribution in [3.05, 3.63) is 40.1 Å². The van der Waals surface area contributed by atoms with E-state index in [1.807, 2.05) is 0 Å². The first kappa shape index (κ1) is 16.6. The summed E-state index contributed by atoms with van der Waals surface area (Å²) in [6.07, 6.45) is 9.22. The van der Waals surface area contributed by atoms with E-state index in [9.17, 15) is 0 Å². The monoisotopic (exact) mass is 328 g/mol. The van der Waals surface area contributed by atoms with E-state index < -0.39 is 0 Å². The molecule has 1 aliphatic carbocycles. The van der Waals surface area contributed by atoms with Gasteiger partial charge in [0, 0.05) is 24.1 Å². The van der Waals surface area contributed by atoms with Crippen LogP contribution in [-0.4, -0.2) is 5.04 Å². The zero-order chi connectivity index (χ0) is 16.4. The average Bonchev–Trinajstić information content (AvgIpc) is 3.20.